The van der Waals surface area contributed by atoms with Gasteiger partial charge in [0, 0.05) is 12.1 Å². The third-order valence-electron chi connectivity index (χ3n) is 6.33. The van der Waals surface area contributed by atoms with Gasteiger partial charge in [0.1, 0.15) is 29.3 Å². The summed E-state index contributed by atoms with van der Waals surface area (Å²) in [4.78, 5) is 19.4. The molecule has 0 spiro atoms. The van der Waals surface area contributed by atoms with E-state index in [9.17, 15) is 4.79 Å². The Morgan fingerprint density at radius 2 is 2.00 bits per heavy atom. The van der Waals surface area contributed by atoms with E-state index in [1.165, 1.54) is 7.11 Å². The van der Waals surface area contributed by atoms with Gasteiger partial charge >= 0.3 is 5.97 Å². The quantitative estimate of drug-likeness (QED) is 0.457. The summed E-state index contributed by atoms with van der Waals surface area (Å²) in [5, 5.41) is 0. The molecule has 1 atom stereocenters. The van der Waals surface area contributed by atoms with E-state index in [0.717, 1.165) is 54.1 Å². The zero-order valence-electron chi connectivity index (χ0n) is 19.0. The summed E-state index contributed by atoms with van der Waals surface area (Å²) in [6.07, 6.45) is 2.57. The molecule has 0 N–H and O–H groups in total. The third kappa shape index (κ3) is 4.41. The van der Waals surface area contributed by atoms with Crippen LogP contribution in [0.4, 0.5) is 0 Å². The van der Waals surface area contributed by atoms with Crippen molar-refractivity contribution in [3.63, 3.8) is 0 Å². The summed E-state index contributed by atoms with van der Waals surface area (Å²) in [5.74, 6) is 1.98. The number of methoxy groups -OCH3 is 1. The Bertz CT molecular complexity index is 1060. The molecule has 6 nitrogen and oxygen atoms in total. The summed E-state index contributed by atoms with van der Waals surface area (Å²) in [6.45, 7) is 5.85. The minimum atomic E-state index is -0.530. The average Bonchev–Trinajstić information content (AvgIpc) is 3.41. The van der Waals surface area contributed by atoms with Gasteiger partial charge < -0.3 is 13.9 Å². The fourth-order valence-corrected chi connectivity index (χ4v) is 4.50. The van der Waals surface area contributed by atoms with Crippen LogP contribution in [0.2, 0.25) is 0 Å². The molecule has 0 bridgehead atoms. The number of oxazole rings is 1. The van der Waals surface area contributed by atoms with Crippen LogP contribution in [0.1, 0.15) is 43.2 Å². The Morgan fingerprint density at radius 1 is 1.19 bits per heavy atom. The second kappa shape index (κ2) is 9.57. The van der Waals surface area contributed by atoms with Crippen molar-refractivity contribution < 1.29 is 18.7 Å². The average molecular weight is 435 g/mol. The maximum absolute atomic E-state index is 12.5. The van der Waals surface area contributed by atoms with Gasteiger partial charge in [0.05, 0.1) is 7.11 Å². The summed E-state index contributed by atoms with van der Waals surface area (Å²) < 4.78 is 17.0. The fourth-order valence-electron chi connectivity index (χ4n) is 4.50. The molecule has 2 heterocycles. The molecule has 1 aliphatic rings. The number of ether oxygens (including phenoxy) is 2. The lowest BCUT2D eigenvalue weighted by atomic mass is 9.92. The zero-order chi connectivity index (χ0) is 22.6. The molecule has 3 aromatic rings. The first-order valence-corrected chi connectivity index (χ1v) is 11.1. The molecule has 0 saturated carbocycles. The summed E-state index contributed by atoms with van der Waals surface area (Å²) in [7, 11) is 1.47. The number of benzene rings is 2. The van der Waals surface area contributed by atoms with Crippen LogP contribution < -0.4 is 4.74 Å². The van der Waals surface area contributed by atoms with Gasteiger partial charge in [0.25, 0.3) is 0 Å². The lowest BCUT2D eigenvalue weighted by Crippen LogP contribution is -2.50. The summed E-state index contributed by atoms with van der Waals surface area (Å²) in [6, 6.07) is 17.9. The largest absolute Gasteiger partial charge is 0.487 e. The van der Waals surface area contributed by atoms with Crippen molar-refractivity contribution in [3.05, 3.63) is 71.6 Å². The van der Waals surface area contributed by atoms with Crippen molar-refractivity contribution in [2.45, 2.75) is 51.8 Å². The predicted molar refractivity (Wildman–Crippen MR) is 122 cm³/mol. The molecule has 1 unspecified atom stereocenters. The number of aryl methyl sites for hydroxylation is 1. The van der Waals surface area contributed by atoms with Gasteiger partial charge in [-0.15, -0.1) is 0 Å². The van der Waals surface area contributed by atoms with E-state index < -0.39 is 5.54 Å². The van der Waals surface area contributed by atoms with Crippen LogP contribution in [0, 0.1) is 6.92 Å². The Labute approximate surface area is 189 Å². The SMILES string of the molecule is CCC1(C(=O)OC)CCCN1Cc1cccc(OCc2nc(-c3ccccc3)oc2C)c1. The zero-order valence-corrected chi connectivity index (χ0v) is 19.0. The van der Waals surface area contributed by atoms with E-state index in [4.69, 9.17) is 13.9 Å². The molecule has 0 amide bonds. The van der Waals surface area contributed by atoms with Crippen LogP contribution in [0.3, 0.4) is 0 Å². The Kier molecular flexibility index (Phi) is 6.61. The van der Waals surface area contributed by atoms with Gasteiger partial charge in [-0.25, -0.2) is 4.98 Å². The monoisotopic (exact) mass is 434 g/mol. The maximum Gasteiger partial charge on any atom is 0.326 e. The summed E-state index contributed by atoms with van der Waals surface area (Å²) >= 11 is 0. The number of carbonyl (C=O) groups excluding carboxylic acids is 1. The lowest BCUT2D eigenvalue weighted by molar-refractivity contribution is -0.154. The van der Waals surface area contributed by atoms with Gasteiger partial charge in [-0.05, 0) is 62.6 Å². The molecule has 1 saturated heterocycles. The molecule has 6 heteroatoms. The highest BCUT2D eigenvalue weighted by molar-refractivity contribution is 5.81. The van der Waals surface area contributed by atoms with Gasteiger partial charge in [-0.2, -0.15) is 0 Å². The Morgan fingerprint density at radius 3 is 2.75 bits per heavy atom. The third-order valence-corrected chi connectivity index (χ3v) is 6.33. The Hall–Kier alpha value is -3.12. The number of hydrogen-bond donors (Lipinski definition) is 0. The Balaban J connectivity index is 1.44. The highest BCUT2D eigenvalue weighted by Crippen LogP contribution is 2.35. The maximum atomic E-state index is 12.5. The highest BCUT2D eigenvalue weighted by atomic mass is 16.5. The first kappa shape index (κ1) is 22.1. The number of esters is 1. The fraction of sp³-hybridized carbons (Fsp3) is 0.385. The van der Waals surface area contributed by atoms with Gasteiger partial charge in [-0.3, -0.25) is 9.69 Å². The molecule has 1 aromatic heterocycles. The first-order chi connectivity index (χ1) is 15.6. The standard InChI is InChI=1S/C26H30N2O4/c1-4-26(25(29)30-3)14-9-15-28(26)17-20-10-8-13-22(16-20)31-18-23-19(2)32-24(27-23)21-11-6-5-7-12-21/h5-8,10-13,16H,4,9,14-15,17-18H2,1-3H3. The van der Waals surface area contributed by atoms with E-state index in [1.807, 2.05) is 55.5 Å². The van der Waals surface area contributed by atoms with E-state index in [0.29, 0.717) is 19.0 Å². The molecular formula is C26H30N2O4. The van der Waals surface area contributed by atoms with E-state index in [2.05, 4.69) is 22.9 Å². The number of aromatic nitrogens is 1. The van der Waals surface area contributed by atoms with Gasteiger partial charge in [0.15, 0.2) is 0 Å². The highest BCUT2D eigenvalue weighted by Gasteiger charge is 2.46. The number of hydrogen-bond acceptors (Lipinski definition) is 6. The minimum absolute atomic E-state index is 0.138. The van der Waals surface area contributed by atoms with Gasteiger partial charge in [-0.1, -0.05) is 37.3 Å². The van der Waals surface area contributed by atoms with E-state index in [1.54, 1.807) is 0 Å². The number of nitrogens with zero attached hydrogens (tertiary/aromatic N) is 2. The van der Waals surface area contributed by atoms with Crippen LogP contribution in [-0.4, -0.2) is 35.0 Å². The van der Waals surface area contributed by atoms with Crippen molar-refractivity contribution in [1.82, 2.24) is 9.88 Å². The van der Waals surface area contributed by atoms with Crippen molar-refractivity contribution >= 4 is 5.97 Å². The van der Waals surface area contributed by atoms with Crippen LogP contribution in [0.5, 0.6) is 5.75 Å². The minimum Gasteiger partial charge on any atom is -0.487 e. The molecule has 168 valence electrons. The van der Waals surface area contributed by atoms with E-state index >= 15 is 0 Å². The van der Waals surface area contributed by atoms with E-state index in [-0.39, 0.29) is 5.97 Å². The van der Waals surface area contributed by atoms with Crippen molar-refractivity contribution in [2.75, 3.05) is 13.7 Å². The predicted octanol–water partition coefficient (Wildman–Crippen LogP) is 5.15. The molecule has 1 aliphatic heterocycles. The van der Waals surface area contributed by atoms with Crippen molar-refractivity contribution in [1.29, 1.82) is 0 Å². The van der Waals surface area contributed by atoms with Crippen LogP contribution in [0.15, 0.2) is 59.0 Å². The molecule has 0 aliphatic carbocycles. The second-order valence-corrected chi connectivity index (χ2v) is 8.23. The van der Waals surface area contributed by atoms with Gasteiger partial charge in [0.2, 0.25) is 5.89 Å². The van der Waals surface area contributed by atoms with Crippen LogP contribution in [-0.2, 0) is 22.7 Å². The summed E-state index contributed by atoms with van der Waals surface area (Å²) in [5.41, 5.74) is 2.30. The number of likely N-dealkylation sites (tertiary alicyclic amines) is 1. The van der Waals surface area contributed by atoms with Crippen molar-refractivity contribution in [2.24, 2.45) is 0 Å². The smallest absolute Gasteiger partial charge is 0.326 e. The molecular weight excluding hydrogens is 404 g/mol. The molecule has 2 aromatic carbocycles. The number of rotatable bonds is 8. The normalized spacial score (nSPS) is 18.6. The molecule has 4 rings (SSSR count). The van der Waals surface area contributed by atoms with Crippen molar-refractivity contribution in [3.8, 4) is 17.2 Å². The number of carbonyl (C=O) groups is 1. The van der Waals surface area contributed by atoms with Crippen LogP contribution in [0.25, 0.3) is 11.5 Å². The first-order valence-electron chi connectivity index (χ1n) is 11.1. The molecule has 0 radical (unpaired) electrons. The lowest BCUT2D eigenvalue weighted by Gasteiger charge is -2.35. The topological polar surface area (TPSA) is 64.8 Å². The molecule has 32 heavy (non-hydrogen) atoms. The second-order valence-electron chi connectivity index (χ2n) is 8.23. The van der Waals surface area contributed by atoms with Crippen LogP contribution >= 0.6 is 0 Å². The molecule has 1 fully saturated rings.